The van der Waals surface area contributed by atoms with Crippen molar-refractivity contribution >= 4 is 11.8 Å². The minimum atomic E-state index is -0.437. The minimum absolute atomic E-state index is 0.0573. The number of nitrogens with zero attached hydrogens (tertiary/aromatic N) is 3. The summed E-state index contributed by atoms with van der Waals surface area (Å²) in [4.78, 5) is 26.9. The molecule has 0 aliphatic carbocycles. The summed E-state index contributed by atoms with van der Waals surface area (Å²) in [5.41, 5.74) is 1.98. The van der Waals surface area contributed by atoms with Gasteiger partial charge < -0.3 is 10.2 Å². The van der Waals surface area contributed by atoms with Crippen molar-refractivity contribution in [3.8, 4) is 0 Å². The second kappa shape index (κ2) is 7.64. The van der Waals surface area contributed by atoms with Gasteiger partial charge in [0.05, 0.1) is 6.54 Å². The molecule has 1 aliphatic rings. The SMILES string of the molecule is O=C(NCc1ccccc1F)c1cc2n(n1)CCN(Cc1ccccc1)C2=O. The maximum Gasteiger partial charge on any atom is 0.272 e. The first-order valence-corrected chi connectivity index (χ1v) is 9.04. The molecule has 0 atom stereocenters. The van der Waals surface area contributed by atoms with Crippen LogP contribution in [-0.2, 0) is 19.6 Å². The average molecular weight is 378 g/mol. The molecule has 0 saturated heterocycles. The zero-order valence-electron chi connectivity index (χ0n) is 15.1. The second-order valence-electron chi connectivity index (χ2n) is 6.62. The smallest absolute Gasteiger partial charge is 0.272 e. The van der Waals surface area contributed by atoms with Crippen molar-refractivity contribution in [1.29, 1.82) is 0 Å². The van der Waals surface area contributed by atoms with E-state index in [1.165, 1.54) is 12.1 Å². The normalized spacial score (nSPS) is 13.3. The fraction of sp³-hybridized carbons (Fsp3) is 0.190. The highest BCUT2D eigenvalue weighted by atomic mass is 19.1. The maximum absolute atomic E-state index is 13.7. The van der Waals surface area contributed by atoms with Crippen molar-refractivity contribution in [3.63, 3.8) is 0 Å². The van der Waals surface area contributed by atoms with Crippen molar-refractivity contribution in [2.24, 2.45) is 0 Å². The van der Waals surface area contributed by atoms with Crippen LogP contribution >= 0.6 is 0 Å². The van der Waals surface area contributed by atoms with E-state index >= 15 is 0 Å². The van der Waals surface area contributed by atoms with Gasteiger partial charge >= 0.3 is 0 Å². The Hall–Kier alpha value is -3.48. The first-order chi connectivity index (χ1) is 13.6. The largest absolute Gasteiger partial charge is 0.346 e. The lowest BCUT2D eigenvalue weighted by Gasteiger charge is -2.27. The van der Waals surface area contributed by atoms with Gasteiger partial charge in [-0.25, -0.2) is 4.39 Å². The summed E-state index contributed by atoms with van der Waals surface area (Å²) in [7, 11) is 0. The maximum atomic E-state index is 13.7. The summed E-state index contributed by atoms with van der Waals surface area (Å²) < 4.78 is 15.2. The van der Waals surface area contributed by atoms with Crippen LogP contribution in [0.25, 0.3) is 0 Å². The molecule has 6 nitrogen and oxygen atoms in total. The number of hydrogen-bond donors (Lipinski definition) is 1. The number of nitrogens with one attached hydrogen (secondary N) is 1. The number of hydrogen-bond acceptors (Lipinski definition) is 3. The van der Waals surface area contributed by atoms with Crippen LogP contribution in [0.15, 0.2) is 60.7 Å². The van der Waals surface area contributed by atoms with Crippen LogP contribution < -0.4 is 5.32 Å². The fourth-order valence-corrected chi connectivity index (χ4v) is 3.21. The number of amides is 2. The highest BCUT2D eigenvalue weighted by molar-refractivity contribution is 5.98. The van der Waals surface area contributed by atoms with Crippen molar-refractivity contribution < 1.29 is 14.0 Å². The third kappa shape index (κ3) is 3.64. The van der Waals surface area contributed by atoms with Crippen LogP contribution in [0.4, 0.5) is 4.39 Å². The molecule has 0 bridgehead atoms. The Kier molecular flexibility index (Phi) is 4.89. The van der Waals surface area contributed by atoms with Crippen LogP contribution in [-0.4, -0.2) is 33.0 Å². The van der Waals surface area contributed by atoms with Gasteiger partial charge in [0.2, 0.25) is 0 Å². The molecule has 28 heavy (non-hydrogen) atoms. The van der Waals surface area contributed by atoms with E-state index in [9.17, 15) is 14.0 Å². The Labute approximate surface area is 161 Å². The molecule has 3 aromatic rings. The Balaban J connectivity index is 1.45. The third-order valence-electron chi connectivity index (χ3n) is 4.71. The molecule has 2 amide bonds. The summed E-state index contributed by atoms with van der Waals surface area (Å²) in [6.07, 6.45) is 0. The topological polar surface area (TPSA) is 67.2 Å². The molecule has 1 aliphatic heterocycles. The number of carbonyl (C=O) groups excluding carboxylic acids is 2. The van der Waals surface area contributed by atoms with Gasteiger partial charge in [-0.05, 0) is 11.6 Å². The Morgan fingerprint density at radius 3 is 2.61 bits per heavy atom. The molecule has 0 saturated carbocycles. The van der Waals surface area contributed by atoms with Gasteiger partial charge in [0, 0.05) is 31.3 Å². The molecule has 0 radical (unpaired) electrons. The van der Waals surface area contributed by atoms with E-state index in [4.69, 9.17) is 0 Å². The molecule has 0 fully saturated rings. The summed E-state index contributed by atoms with van der Waals surface area (Å²) in [5, 5.41) is 6.89. The second-order valence-corrected chi connectivity index (χ2v) is 6.62. The van der Waals surface area contributed by atoms with E-state index < -0.39 is 5.91 Å². The van der Waals surface area contributed by atoms with Gasteiger partial charge in [-0.1, -0.05) is 48.5 Å². The summed E-state index contributed by atoms with van der Waals surface area (Å²) in [6.45, 7) is 1.62. The highest BCUT2D eigenvalue weighted by Crippen LogP contribution is 2.17. The van der Waals surface area contributed by atoms with E-state index in [0.29, 0.717) is 30.9 Å². The molecule has 2 heterocycles. The molecule has 0 unspecified atom stereocenters. The van der Waals surface area contributed by atoms with E-state index in [1.54, 1.807) is 27.8 Å². The first-order valence-electron chi connectivity index (χ1n) is 9.04. The molecule has 2 aromatic carbocycles. The minimum Gasteiger partial charge on any atom is -0.346 e. The quantitative estimate of drug-likeness (QED) is 0.742. The van der Waals surface area contributed by atoms with E-state index in [1.807, 2.05) is 30.3 Å². The van der Waals surface area contributed by atoms with Gasteiger partial charge in [0.25, 0.3) is 11.8 Å². The van der Waals surface area contributed by atoms with Crippen LogP contribution in [0.3, 0.4) is 0 Å². The van der Waals surface area contributed by atoms with Crippen molar-refractivity contribution in [2.75, 3.05) is 6.54 Å². The summed E-state index contributed by atoms with van der Waals surface area (Å²) >= 11 is 0. The van der Waals surface area contributed by atoms with Crippen molar-refractivity contribution in [2.45, 2.75) is 19.6 Å². The standard InChI is InChI=1S/C21H19FN4O2/c22-17-9-5-4-8-16(17)13-23-20(27)18-12-19-21(28)25(10-11-26(19)24-18)14-15-6-2-1-3-7-15/h1-9,12H,10-11,13-14H2,(H,23,27). The third-order valence-corrected chi connectivity index (χ3v) is 4.71. The zero-order chi connectivity index (χ0) is 19.5. The Bertz CT molecular complexity index is 1020. The predicted octanol–water partition coefficient (Wildman–Crippen LogP) is 2.61. The molecule has 7 heteroatoms. The lowest BCUT2D eigenvalue weighted by Crippen LogP contribution is -2.39. The van der Waals surface area contributed by atoms with Crippen molar-refractivity contribution in [3.05, 3.63) is 89.0 Å². The number of halogens is 1. The zero-order valence-corrected chi connectivity index (χ0v) is 15.1. The molecule has 1 N–H and O–H groups in total. The number of rotatable bonds is 5. The number of fused-ring (bicyclic) bond motifs is 1. The van der Waals surface area contributed by atoms with Crippen LogP contribution in [0.1, 0.15) is 32.1 Å². The first kappa shape index (κ1) is 17.9. The van der Waals surface area contributed by atoms with Crippen molar-refractivity contribution in [1.82, 2.24) is 20.0 Å². The predicted molar refractivity (Wildman–Crippen MR) is 101 cm³/mol. The van der Waals surface area contributed by atoms with Crippen LogP contribution in [0.5, 0.6) is 0 Å². The lowest BCUT2D eigenvalue weighted by molar-refractivity contribution is 0.0683. The molecule has 0 spiro atoms. The average Bonchev–Trinajstić information content (AvgIpc) is 3.15. The van der Waals surface area contributed by atoms with Gasteiger partial charge in [-0.15, -0.1) is 0 Å². The number of carbonyl (C=O) groups is 2. The fourth-order valence-electron chi connectivity index (χ4n) is 3.21. The van der Waals surface area contributed by atoms with Gasteiger partial charge in [-0.2, -0.15) is 5.10 Å². The van der Waals surface area contributed by atoms with Gasteiger partial charge in [0.1, 0.15) is 11.5 Å². The number of benzene rings is 2. The Morgan fingerprint density at radius 1 is 1.07 bits per heavy atom. The monoisotopic (exact) mass is 378 g/mol. The lowest BCUT2D eigenvalue weighted by atomic mass is 10.2. The van der Waals surface area contributed by atoms with E-state index in [-0.39, 0.29) is 24.0 Å². The Morgan fingerprint density at radius 2 is 1.82 bits per heavy atom. The van der Waals surface area contributed by atoms with Crippen LogP contribution in [0, 0.1) is 5.82 Å². The van der Waals surface area contributed by atoms with E-state index in [2.05, 4.69) is 10.4 Å². The van der Waals surface area contributed by atoms with Crippen LogP contribution in [0.2, 0.25) is 0 Å². The highest BCUT2D eigenvalue weighted by Gasteiger charge is 2.27. The summed E-state index contributed by atoms with van der Waals surface area (Å²) in [6, 6.07) is 17.5. The molecule has 1 aromatic heterocycles. The molecular formula is C21H19FN4O2. The van der Waals surface area contributed by atoms with Gasteiger partial charge in [0.15, 0.2) is 5.69 Å². The van der Waals surface area contributed by atoms with Gasteiger partial charge in [-0.3, -0.25) is 14.3 Å². The molecule has 142 valence electrons. The molecule has 4 rings (SSSR count). The van der Waals surface area contributed by atoms with E-state index in [0.717, 1.165) is 5.56 Å². The summed E-state index contributed by atoms with van der Waals surface area (Å²) in [5.74, 6) is -0.970. The number of aromatic nitrogens is 2. The molecular weight excluding hydrogens is 359 g/mol.